The van der Waals surface area contributed by atoms with Crippen LogP contribution < -0.4 is 5.32 Å². The van der Waals surface area contributed by atoms with Gasteiger partial charge in [0, 0.05) is 99.3 Å². The third-order valence-electron chi connectivity index (χ3n) is 12.8. The molecule has 0 spiro atoms. The first-order valence-electron chi connectivity index (χ1n) is 20.6. The first-order valence-corrected chi connectivity index (χ1v) is 20.6. The van der Waals surface area contributed by atoms with Gasteiger partial charge in [0.05, 0.1) is 5.70 Å². The van der Waals surface area contributed by atoms with Crippen LogP contribution in [0.15, 0.2) is 77.1 Å². The third-order valence-corrected chi connectivity index (χ3v) is 12.8. The average Bonchev–Trinajstić information content (AvgIpc) is 3.93. The second-order valence-electron chi connectivity index (χ2n) is 16.4. The van der Waals surface area contributed by atoms with E-state index in [2.05, 4.69) is 146 Å². The first kappa shape index (κ1) is 46.5. The van der Waals surface area contributed by atoms with Crippen molar-refractivity contribution in [2.45, 2.75) is 131 Å². The molecule has 1 saturated carbocycles. The molecule has 6 heterocycles. The summed E-state index contributed by atoms with van der Waals surface area (Å²) >= 11 is 0. The highest BCUT2D eigenvalue weighted by atomic mass is 16.2. The van der Waals surface area contributed by atoms with Gasteiger partial charge in [-0.3, -0.25) is 9.89 Å². The minimum absolute atomic E-state index is 0. The highest BCUT2D eigenvalue weighted by molar-refractivity contribution is 5.83. The van der Waals surface area contributed by atoms with Crippen molar-refractivity contribution in [3.63, 3.8) is 0 Å². The van der Waals surface area contributed by atoms with Crippen molar-refractivity contribution < 1.29 is 4.79 Å². The van der Waals surface area contributed by atoms with Crippen molar-refractivity contribution in [1.82, 2.24) is 29.2 Å². The Hall–Kier alpha value is -3.88. The number of carbonyl (C=O) groups is 1. The fourth-order valence-electron chi connectivity index (χ4n) is 8.71. The lowest BCUT2D eigenvalue weighted by Gasteiger charge is -2.45. The number of nitrogens with one attached hydrogen (secondary N) is 1. The Kier molecular flexibility index (Phi) is 17.9. The van der Waals surface area contributed by atoms with E-state index in [1.807, 2.05) is 13.1 Å². The molecule has 1 aliphatic carbocycles. The number of hydrogen-bond acceptors (Lipinski definition) is 4. The molecule has 9 rings (SSSR count). The van der Waals surface area contributed by atoms with Gasteiger partial charge < -0.3 is 24.3 Å². The summed E-state index contributed by atoms with van der Waals surface area (Å²) in [6.07, 6.45) is 16.5. The number of likely N-dealkylation sites (N-methyl/N-ethyl adjacent to an activating group) is 2. The van der Waals surface area contributed by atoms with Gasteiger partial charge in [-0.25, -0.2) is 4.79 Å². The summed E-state index contributed by atoms with van der Waals surface area (Å²) in [6.45, 7) is 12.8. The highest BCUT2D eigenvalue weighted by Crippen LogP contribution is 2.36. The van der Waals surface area contributed by atoms with E-state index < -0.39 is 0 Å². The predicted molar refractivity (Wildman–Crippen MR) is 243 cm³/mol. The molecule has 2 aromatic heterocycles. The zero-order valence-corrected chi connectivity index (χ0v) is 35.1. The minimum Gasteiger partial charge on any atom is -0.350 e. The number of amides is 2. The van der Waals surface area contributed by atoms with Crippen LogP contribution >= 0.6 is 0 Å². The van der Waals surface area contributed by atoms with E-state index in [4.69, 9.17) is 0 Å². The fourth-order valence-corrected chi connectivity index (χ4v) is 8.71. The highest BCUT2D eigenvalue weighted by Gasteiger charge is 2.34. The molecule has 4 aliphatic heterocycles. The average molecular weight is 768 g/mol. The fraction of sp³-hybridized carbons (Fsp3) is 0.583. The van der Waals surface area contributed by atoms with Crippen LogP contribution in [-0.4, -0.2) is 94.5 Å². The number of aromatic nitrogens is 2. The second kappa shape index (κ2) is 21.6. The maximum absolute atomic E-state index is 10.6. The topological polar surface area (TPSA) is 61.0 Å². The summed E-state index contributed by atoms with van der Waals surface area (Å²) in [5.41, 5.74) is 8.28. The van der Waals surface area contributed by atoms with Crippen LogP contribution in [0.2, 0.25) is 0 Å². The van der Waals surface area contributed by atoms with E-state index in [-0.39, 0.29) is 20.9 Å². The van der Waals surface area contributed by atoms with E-state index in [0.717, 1.165) is 43.9 Å². The third kappa shape index (κ3) is 11.4. The van der Waals surface area contributed by atoms with Gasteiger partial charge in [0.15, 0.2) is 0 Å². The zero-order valence-electron chi connectivity index (χ0n) is 35.1. The van der Waals surface area contributed by atoms with Crippen LogP contribution in [0.3, 0.4) is 0 Å². The van der Waals surface area contributed by atoms with Gasteiger partial charge >= 0.3 is 6.03 Å². The number of urea groups is 1. The number of likely N-dealkylation sites (tertiary alicyclic amines) is 1. The van der Waals surface area contributed by atoms with E-state index >= 15 is 0 Å². The zero-order chi connectivity index (χ0) is 38.9. The van der Waals surface area contributed by atoms with Gasteiger partial charge in [-0.1, -0.05) is 71.0 Å². The summed E-state index contributed by atoms with van der Waals surface area (Å²) in [7, 11) is 10.5. The number of aliphatic imine (C=N–C) groups is 1. The number of rotatable bonds is 1. The molecule has 8 heteroatoms. The molecular formula is C48H77N7O. The van der Waals surface area contributed by atoms with E-state index in [1.54, 1.807) is 17.5 Å². The molecule has 0 bridgehead atoms. The molecule has 5 aliphatic rings. The van der Waals surface area contributed by atoms with Crippen molar-refractivity contribution in [1.29, 1.82) is 0 Å². The van der Waals surface area contributed by atoms with E-state index in [0.29, 0.717) is 12.1 Å². The Morgan fingerprint density at radius 1 is 0.821 bits per heavy atom. The van der Waals surface area contributed by atoms with Crippen LogP contribution in [0.1, 0.15) is 105 Å². The Balaban J connectivity index is 0.000000187. The normalized spacial score (nSPS) is 24.1. The Morgan fingerprint density at radius 3 is 2.12 bits per heavy atom. The standard InChI is InChI=1S/C11H21N.C11H13N.C10H11N.C9H14N2.C5H10N2O.2CH4/c1-9-7-8-10-5-3-4-6-11(10)12(9)2;1-3-10-8-9-6-4-5-7-11(9)12(10)2;1-8-7-11(2)10-6-4-3-5-9(8)10;1-7-5-8-3-4-10-9(8)6-11(7)2;1-4-3-6-5(8)7(4)2;;/h9-11H,3-8H2,1-2H3;4-8H,3H2,1-2H3;3-7H,1-2H3;4,7H,3,5-6H2,1-2H3;4H,3H2,1-2H3,(H,6,8);2*1H4. The molecule has 8 nitrogen and oxygen atoms in total. The molecule has 3 fully saturated rings. The number of hydrogen-bond donors (Lipinski definition) is 1. The number of nitrogens with zero attached hydrogens (tertiary/aromatic N) is 6. The maximum atomic E-state index is 10.6. The monoisotopic (exact) mass is 768 g/mol. The lowest BCUT2D eigenvalue weighted by atomic mass is 9.77. The van der Waals surface area contributed by atoms with E-state index in [9.17, 15) is 4.79 Å². The predicted octanol–water partition coefficient (Wildman–Crippen LogP) is 10.6. The molecule has 2 amide bonds. The lowest BCUT2D eigenvalue weighted by Crippen LogP contribution is -2.48. The Labute approximate surface area is 341 Å². The number of para-hydroxylation sites is 2. The van der Waals surface area contributed by atoms with Crippen LogP contribution in [-0.2, 0) is 20.5 Å². The molecule has 56 heavy (non-hydrogen) atoms. The van der Waals surface area contributed by atoms with Crippen molar-refractivity contribution >= 4 is 34.1 Å². The molecule has 5 atom stereocenters. The van der Waals surface area contributed by atoms with Crippen LogP contribution in [0, 0.1) is 12.8 Å². The van der Waals surface area contributed by atoms with Gasteiger partial charge in [0.25, 0.3) is 0 Å². The molecule has 2 aromatic carbocycles. The number of carbonyl (C=O) groups excluding carboxylic acids is 1. The molecule has 5 unspecified atom stereocenters. The summed E-state index contributed by atoms with van der Waals surface area (Å²) in [5, 5.41) is 5.41. The lowest BCUT2D eigenvalue weighted by molar-refractivity contribution is 0.0447. The SMILES string of the molecule is C.C.CC1CC2=C(CN1C)N=CC2.CC1CCC2CCCCC2N1C.CC1CNC(=O)N1C.CCc1cc2ccccc2n1C.Cc1cn(C)c2ccccc12. The summed E-state index contributed by atoms with van der Waals surface area (Å²) < 4.78 is 4.42. The molecule has 0 radical (unpaired) electrons. The molecule has 4 aromatic rings. The van der Waals surface area contributed by atoms with Crippen LogP contribution in [0.4, 0.5) is 4.79 Å². The van der Waals surface area contributed by atoms with Gasteiger partial charge in [0.1, 0.15) is 0 Å². The molecule has 1 N–H and O–H groups in total. The first-order chi connectivity index (χ1) is 25.9. The summed E-state index contributed by atoms with van der Waals surface area (Å²) in [4.78, 5) is 21.6. The number of aryl methyl sites for hydroxylation is 4. The van der Waals surface area contributed by atoms with Crippen molar-refractivity contribution in [3.05, 3.63) is 83.3 Å². The Bertz CT molecular complexity index is 1850. The molecular weight excluding hydrogens is 691 g/mol. The van der Waals surface area contributed by atoms with Crippen molar-refractivity contribution in [3.8, 4) is 0 Å². The molecule has 310 valence electrons. The van der Waals surface area contributed by atoms with E-state index in [1.165, 1.54) is 83.7 Å². The number of piperidine rings is 1. The van der Waals surface area contributed by atoms with Crippen molar-refractivity contribution in [2.75, 3.05) is 34.2 Å². The van der Waals surface area contributed by atoms with Gasteiger partial charge in [-0.2, -0.15) is 0 Å². The van der Waals surface area contributed by atoms with Crippen LogP contribution in [0.25, 0.3) is 21.8 Å². The second-order valence-corrected chi connectivity index (χ2v) is 16.4. The molecule has 2 saturated heterocycles. The van der Waals surface area contributed by atoms with Gasteiger partial charge in [-0.05, 0) is 121 Å². The van der Waals surface area contributed by atoms with Gasteiger partial charge in [-0.15, -0.1) is 0 Å². The summed E-state index contributed by atoms with van der Waals surface area (Å²) in [6, 6.07) is 22.1. The Morgan fingerprint density at radius 2 is 1.50 bits per heavy atom. The number of fused-ring (bicyclic) bond motifs is 3. The van der Waals surface area contributed by atoms with Gasteiger partial charge in [0.2, 0.25) is 0 Å². The largest absolute Gasteiger partial charge is 0.350 e. The quantitative estimate of drug-likeness (QED) is 0.210. The number of benzene rings is 2. The smallest absolute Gasteiger partial charge is 0.317 e. The van der Waals surface area contributed by atoms with Crippen molar-refractivity contribution in [2.24, 2.45) is 25.0 Å². The maximum Gasteiger partial charge on any atom is 0.317 e. The van der Waals surface area contributed by atoms with Crippen LogP contribution in [0.5, 0.6) is 0 Å². The summed E-state index contributed by atoms with van der Waals surface area (Å²) in [5.74, 6) is 1.04. The minimum atomic E-state index is 0.